The van der Waals surface area contributed by atoms with E-state index in [0.29, 0.717) is 17.4 Å². The molecule has 1 heterocycles. The molecule has 2 rings (SSSR count). The number of aromatic nitrogens is 1. The molecule has 0 unspecified atom stereocenters. The van der Waals surface area contributed by atoms with Crippen molar-refractivity contribution in [1.82, 2.24) is 4.98 Å². The summed E-state index contributed by atoms with van der Waals surface area (Å²) in [5.41, 5.74) is 1.87. The molecule has 3 nitrogen and oxygen atoms in total. The molecule has 0 aliphatic carbocycles. The van der Waals surface area contributed by atoms with Crippen LogP contribution in [0.2, 0.25) is 5.02 Å². The average Bonchev–Trinajstić information content (AvgIpc) is 2.38. The zero-order valence-electron chi connectivity index (χ0n) is 9.78. The molecule has 0 saturated heterocycles. The molecule has 0 aliphatic heterocycles. The monoisotopic (exact) mass is 326 g/mol. The molecule has 18 heavy (non-hydrogen) atoms. The Kier molecular flexibility index (Phi) is 4.44. The number of hydrogen-bond acceptors (Lipinski definition) is 3. The van der Waals surface area contributed by atoms with Crippen LogP contribution in [0.3, 0.4) is 0 Å². The van der Waals surface area contributed by atoms with Gasteiger partial charge in [0, 0.05) is 22.8 Å². The van der Waals surface area contributed by atoms with Crippen LogP contribution in [-0.2, 0) is 6.54 Å². The van der Waals surface area contributed by atoms with Gasteiger partial charge in [-0.25, -0.2) is 4.98 Å². The number of hydrogen-bond donors (Lipinski definition) is 1. The predicted octanol–water partition coefficient (Wildman–Crippen LogP) is 4.12. The Morgan fingerprint density at radius 1 is 1.39 bits per heavy atom. The molecule has 0 saturated carbocycles. The second-order valence-electron chi connectivity index (χ2n) is 3.65. The highest BCUT2D eigenvalue weighted by Crippen LogP contribution is 2.26. The van der Waals surface area contributed by atoms with Crippen LogP contribution in [0.5, 0.6) is 5.88 Å². The highest BCUT2D eigenvalue weighted by Gasteiger charge is 2.05. The van der Waals surface area contributed by atoms with E-state index in [1.54, 1.807) is 13.3 Å². The van der Waals surface area contributed by atoms with Gasteiger partial charge >= 0.3 is 0 Å². The van der Waals surface area contributed by atoms with Crippen LogP contribution in [0.4, 0.5) is 5.69 Å². The fourth-order valence-corrected chi connectivity index (χ4v) is 2.31. The average molecular weight is 328 g/mol. The van der Waals surface area contributed by atoms with E-state index in [1.165, 1.54) is 0 Å². The highest BCUT2D eigenvalue weighted by molar-refractivity contribution is 9.10. The summed E-state index contributed by atoms with van der Waals surface area (Å²) < 4.78 is 6.15. The standard InChI is InChI=1S/C13H12BrClN2O/c1-18-13-9(3-2-6-16-13)8-17-12-5-4-10(14)7-11(12)15/h2-7,17H,8H2,1H3. The lowest BCUT2D eigenvalue weighted by Gasteiger charge is -2.10. The maximum absolute atomic E-state index is 6.13. The Hall–Kier alpha value is -1.26. The summed E-state index contributed by atoms with van der Waals surface area (Å²) in [5, 5.41) is 3.93. The molecule has 0 fully saturated rings. The summed E-state index contributed by atoms with van der Waals surface area (Å²) in [5.74, 6) is 0.623. The van der Waals surface area contributed by atoms with E-state index in [9.17, 15) is 0 Å². The van der Waals surface area contributed by atoms with Gasteiger partial charge in [-0.15, -0.1) is 0 Å². The molecule has 2 aromatic rings. The van der Waals surface area contributed by atoms with Crippen molar-refractivity contribution in [3.05, 3.63) is 51.6 Å². The van der Waals surface area contributed by atoms with Gasteiger partial charge in [0.05, 0.1) is 17.8 Å². The zero-order chi connectivity index (χ0) is 13.0. The lowest BCUT2D eigenvalue weighted by Crippen LogP contribution is -2.03. The number of pyridine rings is 1. The maximum atomic E-state index is 6.13. The van der Waals surface area contributed by atoms with Crippen molar-refractivity contribution in [2.24, 2.45) is 0 Å². The normalized spacial score (nSPS) is 10.2. The second-order valence-corrected chi connectivity index (χ2v) is 4.97. The molecule has 0 spiro atoms. The number of benzene rings is 1. The van der Waals surface area contributed by atoms with Crippen LogP contribution >= 0.6 is 27.5 Å². The van der Waals surface area contributed by atoms with Crippen molar-refractivity contribution < 1.29 is 4.74 Å². The summed E-state index contributed by atoms with van der Waals surface area (Å²) in [6.07, 6.45) is 1.70. The minimum absolute atomic E-state index is 0.609. The third-order valence-electron chi connectivity index (χ3n) is 2.44. The quantitative estimate of drug-likeness (QED) is 0.917. The van der Waals surface area contributed by atoms with Gasteiger partial charge in [0.1, 0.15) is 0 Å². The first kappa shape index (κ1) is 13.2. The topological polar surface area (TPSA) is 34.1 Å². The minimum atomic E-state index is 0.609. The summed E-state index contributed by atoms with van der Waals surface area (Å²) in [7, 11) is 1.61. The Morgan fingerprint density at radius 3 is 2.94 bits per heavy atom. The second kappa shape index (κ2) is 6.07. The van der Waals surface area contributed by atoms with Crippen molar-refractivity contribution in [2.45, 2.75) is 6.54 Å². The summed E-state index contributed by atoms with van der Waals surface area (Å²) in [4.78, 5) is 4.14. The van der Waals surface area contributed by atoms with Gasteiger partial charge in [-0.2, -0.15) is 0 Å². The van der Waals surface area contributed by atoms with Gasteiger partial charge < -0.3 is 10.1 Å². The zero-order valence-corrected chi connectivity index (χ0v) is 12.1. The van der Waals surface area contributed by atoms with Crippen LogP contribution in [-0.4, -0.2) is 12.1 Å². The summed E-state index contributed by atoms with van der Waals surface area (Å²) >= 11 is 9.50. The van der Waals surface area contributed by atoms with Crippen molar-refractivity contribution in [3.8, 4) is 5.88 Å². The van der Waals surface area contributed by atoms with E-state index < -0.39 is 0 Å². The SMILES string of the molecule is COc1ncccc1CNc1ccc(Br)cc1Cl. The number of nitrogens with zero attached hydrogens (tertiary/aromatic N) is 1. The highest BCUT2D eigenvalue weighted by atomic mass is 79.9. The van der Waals surface area contributed by atoms with E-state index >= 15 is 0 Å². The van der Waals surface area contributed by atoms with Crippen LogP contribution in [0, 0.1) is 0 Å². The Morgan fingerprint density at radius 2 is 2.22 bits per heavy atom. The number of ether oxygens (including phenoxy) is 1. The Labute approximate surface area is 119 Å². The summed E-state index contributed by atoms with van der Waals surface area (Å²) in [6, 6.07) is 9.56. The van der Waals surface area contributed by atoms with Crippen LogP contribution in [0.1, 0.15) is 5.56 Å². The van der Waals surface area contributed by atoms with Crippen molar-refractivity contribution >= 4 is 33.2 Å². The molecule has 1 N–H and O–H groups in total. The van der Waals surface area contributed by atoms with Crippen LogP contribution in [0.15, 0.2) is 41.0 Å². The number of rotatable bonds is 4. The smallest absolute Gasteiger partial charge is 0.218 e. The molecule has 5 heteroatoms. The number of methoxy groups -OCH3 is 1. The van der Waals surface area contributed by atoms with Crippen molar-refractivity contribution in [1.29, 1.82) is 0 Å². The van der Waals surface area contributed by atoms with Crippen LogP contribution < -0.4 is 10.1 Å². The summed E-state index contributed by atoms with van der Waals surface area (Å²) in [6.45, 7) is 0.609. The van der Waals surface area contributed by atoms with E-state index in [0.717, 1.165) is 15.7 Å². The van der Waals surface area contributed by atoms with E-state index in [1.807, 2.05) is 30.3 Å². The van der Waals surface area contributed by atoms with Crippen LogP contribution in [0.25, 0.3) is 0 Å². The van der Waals surface area contributed by atoms with Gasteiger partial charge in [0.25, 0.3) is 0 Å². The van der Waals surface area contributed by atoms with E-state index in [4.69, 9.17) is 16.3 Å². The predicted molar refractivity (Wildman–Crippen MR) is 77.3 cm³/mol. The van der Waals surface area contributed by atoms with Gasteiger partial charge in [0.15, 0.2) is 0 Å². The molecule has 1 aromatic heterocycles. The Balaban J connectivity index is 2.11. The molecule has 0 radical (unpaired) electrons. The largest absolute Gasteiger partial charge is 0.481 e. The third-order valence-corrected chi connectivity index (χ3v) is 3.25. The lowest BCUT2D eigenvalue weighted by atomic mass is 10.2. The molecule has 0 atom stereocenters. The number of nitrogens with one attached hydrogen (secondary N) is 1. The molecule has 0 aliphatic rings. The third kappa shape index (κ3) is 3.15. The fraction of sp³-hybridized carbons (Fsp3) is 0.154. The maximum Gasteiger partial charge on any atom is 0.218 e. The van der Waals surface area contributed by atoms with Crippen molar-refractivity contribution in [2.75, 3.05) is 12.4 Å². The molecule has 94 valence electrons. The first-order valence-electron chi connectivity index (χ1n) is 5.37. The molecular formula is C13H12BrClN2O. The lowest BCUT2D eigenvalue weighted by molar-refractivity contribution is 0.393. The van der Waals surface area contributed by atoms with Gasteiger partial charge in [-0.05, 0) is 24.3 Å². The van der Waals surface area contributed by atoms with Crippen molar-refractivity contribution in [3.63, 3.8) is 0 Å². The van der Waals surface area contributed by atoms with Gasteiger partial charge in [-0.1, -0.05) is 33.6 Å². The number of halogens is 2. The van der Waals surface area contributed by atoms with E-state index in [-0.39, 0.29) is 0 Å². The molecule has 0 amide bonds. The molecular weight excluding hydrogens is 316 g/mol. The van der Waals surface area contributed by atoms with Gasteiger partial charge in [0.2, 0.25) is 5.88 Å². The first-order chi connectivity index (χ1) is 8.70. The number of anilines is 1. The fourth-order valence-electron chi connectivity index (χ4n) is 1.57. The van der Waals surface area contributed by atoms with Gasteiger partial charge in [-0.3, -0.25) is 0 Å². The Bertz CT molecular complexity index is 548. The molecule has 0 bridgehead atoms. The van der Waals surface area contributed by atoms with E-state index in [2.05, 4.69) is 26.2 Å². The molecule has 1 aromatic carbocycles. The first-order valence-corrected chi connectivity index (χ1v) is 6.54. The minimum Gasteiger partial charge on any atom is -0.481 e.